The Morgan fingerprint density at radius 1 is 1.04 bits per heavy atom. The number of rotatable bonds is 6. The number of phenolic OH excluding ortho intramolecular Hbond substituents is 1. The molecule has 9 N–H and O–H groups in total. The number of nitrogens with zero attached hydrogens (tertiary/aromatic N) is 3. The molecule has 1 aromatic carbocycles. The van der Waals surface area contributed by atoms with Gasteiger partial charge in [-0.25, -0.2) is 0 Å². The number of carbonyl (C=O) groups is 3. The van der Waals surface area contributed by atoms with E-state index in [-0.39, 0.29) is 41.3 Å². The number of nitroso groups, excluding NO2 is 1. The number of amides is 1. The van der Waals surface area contributed by atoms with Crippen molar-refractivity contribution in [2.45, 2.75) is 87.6 Å². The number of aromatic hydroxyl groups is 1. The number of anilines is 2. The van der Waals surface area contributed by atoms with E-state index in [0.29, 0.717) is 16.9 Å². The predicted octanol–water partition coefficient (Wildman–Crippen LogP) is 1.61. The molecule has 0 unspecified atom stereocenters. The van der Waals surface area contributed by atoms with Crippen LogP contribution in [0.3, 0.4) is 0 Å². The normalized spacial score (nSPS) is 30.5. The molecular formula is C32H45N7O7. The smallest absolute Gasteiger partial charge is 0.255 e. The minimum atomic E-state index is -2.67. The number of fused-ring (bicyclic) bond motifs is 3. The van der Waals surface area contributed by atoms with Gasteiger partial charge in [-0.3, -0.25) is 19.3 Å². The van der Waals surface area contributed by atoms with E-state index < -0.39 is 63.2 Å². The first-order chi connectivity index (χ1) is 21.1. The Hall–Kier alpha value is -4.01. The van der Waals surface area contributed by atoms with E-state index in [2.05, 4.69) is 43.5 Å². The number of piperidine rings is 1. The monoisotopic (exact) mass is 639 g/mol. The molecule has 14 nitrogen and oxygen atoms in total. The summed E-state index contributed by atoms with van der Waals surface area (Å²) < 4.78 is 0. The van der Waals surface area contributed by atoms with E-state index in [9.17, 15) is 34.6 Å². The van der Waals surface area contributed by atoms with Gasteiger partial charge in [0.05, 0.1) is 28.4 Å². The summed E-state index contributed by atoms with van der Waals surface area (Å²) in [6.07, 6.45) is 1.16. The predicted molar refractivity (Wildman–Crippen MR) is 174 cm³/mol. The zero-order chi connectivity index (χ0) is 34.5. The maximum atomic E-state index is 14.5. The van der Waals surface area contributed by atoms with Gasteiger partial charge in [-0.1, -0.05) is 0 Å². The van der Waals surface area contributed by atoms with Crippen molar-refractivity contribution in [2.24, 2.45) is 22.6 Å². The van der Waals surface area contributed by atoms with E-state index >= 15 is 0 Å². The second-order valence-corrected chi connectivity index (χ2v) is 15.1. The molecule has 250 valence electrons. The van der Waals surface area contributed by atoms with Crippen molar-refractivity contribution in [1.29, 1.82) is 0 Å². The number of benzene rings is 1. The first-order valence-electron chi connectivity index (χ1n) is 15.3. The lowest BCUT2D eigenvalue weighted by Crippen LogP contribution is -2.70. The van der Waals surface area contributed by atoms with Crippen LogP contribution in [0.1, 0.15) is 58.1 Å². The van der Waals surface area contributed by atoms with E-state index in [0.717, 1.165) is 12.8 Å². The number of likely N-dealkylation sites (N-methyl/N-ethyl adjacent to an activating group) is 1. The lowest BCUT2D eigenvalue weighted by molar-refractivity contribution is -0.134. The van der Waals surface area contributed by atoms with E-state index in [1.165, 1.54) is 19.0 Å². The van der Waals surface area contributed by atoms with Crippen LogP contribution in [0.2, 0.25) is 0 Å². The van der Waals surface area contributed by atoms with E-state index in [4.69, 9.17) is 11.5 Å². The summed E-state index contributed by atoms with van der Waals surface area (Å²) >= 11 is 0. The van der Waals surface area contributed by atoms with Crippen LogP contribution in [-0.2, 0) is 20.8 Å². The van der Waals surface area contributed by atoms with Crippen LogP contribution in [0.4, 0.5) is 11.4 Å². The molecule has 2 fully saturated rings. The van der Waals surface area contributed by atoms with Gasteiger partial charge in [-0.2, -0.15) is 0 Å². The van der Waals surface area contributed by atoms with Crippen LogP contribution in [0.25, 0.3) is 5.76 Å². The first-order valence-corrected chi connectivity index (χ1v) is 15.3. The average Bonchev–Trinajstić information content (AvgIpc) is 2.87. The third-order valence-electron chi connectivity index (χ3n) is 10.0. The molecule has 1 saturated heterocycles. The summed E-state index contributed by atoms with van der Waals surface area (Å²) in [7, 11) is 6.65. The number of phenols is 1. The fourth-order valence-corrected chi connectivity index (χ4v) is 8.70. The first kappa shape index (κ1) is 33.4. The van der Waals surface area contributed by atoms with Crippen molar-refractivity contribution >= 4 is 34.6 Å². The highest BCUT2D eigenvalue weighted by Gasteiger charge is 2.69. The molecule has 0 bridgehead atoms. The Morgan fingerprint density at radius 2 is 1.63 bits per heavy atom. The van der Waals surface area contributed by atoms with Crippen LogP contribution < -0.4 is 27.0 Å². The van der Waals surface area contributed by atoms with Gasteiger partial charge in [0.2, 0.25) is 11.3 Å². The number of hydrogen-bond acceptors (Lipinski definition) is 13. The number of aliphatic hydroxyl groups is 2. The van der Waals surface area contributed by atoms with Crippen molar-refractivity contribution in [3.8, 4) is 5.75 Å². The summed E-state index contributed by atoms with van der Waals surface area (Å²) in [5, 5.41) is 45.1. The highest BCUT2D eigenvalue weighted by molar-refractivity contribution is 6.25. The number of ketones is 2. The van der Waals surface area contributed by atoms with Gasteiger partial charge < -0.3 is 42.3 Å². The molecule has 4 atom stereocenters. The number of nitrogens with two attached hydrogens (primary N) is 2. The van der Waals surface area contributed by atoms with Crippen LogP contribution in [-0.4, -0.2) is 100 Å². The largest absolute Gasteiger partial charge is 0.508 e. The standard InChI is InChI=1S/C32H45N7O7/c1-29(2)10-14(11-30(3,4)36-29)35-17-9-18(38(5)6)15-12-31(34)13-16-22(39(7)8)25(42)20(28(33)45)26(43)32(16,37-46)27(44)21(31)24(41)19(15)23(17)40/h9,14,16,22,35-36,40-41,43H,10-13,34H2,1-8H3,(H2,33,45)/t16-,22-,31+,32+/m0/s1. The van der Waals surface area contributed by atoms with Crippen molar-refractivity contribution in [3.63, 3.8) is 0 Å². The van der Waals surface area contributed by atoms with Crippen LogP contribution in [0.5, 0.6) is 5.75 Å². The minimum absolute atomic E-state index is 0.0419. The number of primary amides is 1. The summed E-state index contributed by atoms with van der Waals surface area (Å²) in [4.78, 5) is 56.3. The zero-order valence-electron chi connectivity index (χ0n) is 27.6. The molecule has 1 saturated carbocycles. The van der Waals surface area contributed by atoms with Crippen molar-refractivity contribution < 1.29 is 29.7 Å². The summed E-state index contributed by atoms with van der Waals surface area (Å²) in [5.74, 6) is -6.79. The van der Waals surface area contributed by atoms with E-state index in [1.54, 1.807) is 20.2 Å². The van der Waals surface area contributed by atoms with Crippen LogP contribution in [0, 0.1) is 10.8 Å². The Labute approximate surface area is 267 Å². The van der Waals surface area contributed by atoms with Gasteiger partial charge in [0.1, 0.15) is 22.8 Å². The average molecular weight is 640 g/mol. The van der Waals surface area contributed by atoms with Crippen LogP contribution in [0.15, 0.2) is 28.1 Å². The molecule has 46 heavy (non-hydrogen) atoms. The summed E-state index contributed by atoms with van der Waals surface area (Å²) in [6, 6.07) is 0.450. The number of carbonyl (C=O) groups excluding carboxylic acids is 3. The maximum absolute atomic E-state index is 14.5. The highest BCUT2D eigenvalue weighted by atomic mass is 16.3. The SMILES string of the molecule is CN(C)c1cc(NC2CC(C)(C)NC(C)(C)C2)c(O)c2c1C[C@@]1(N)C[C@H]3[C@H](N(C)C)C(=O)C(C(N)=O)=C(O)[C@@]3(N=O)C(=O)C1=C2O. The second-order valence-electron chi connectivity index (χ2n) is 15.1. The van der Waals surface area contributed by atoms with Gasteiger partial charge in [-0.15, -0.1) is 4.91 Å². The molecule has 1 aliphatic heterocycles. The molecule has 4 aliphatic rings. The van der Waals surface area contributed by atoms with Gasteiger partial charge in [0, 0.05) is 42.8 Å². The quantitative estimate of drug-likeness (QED) is 0.134. The molecule has 1 heterocycles. The van der Waals surface area contributed by atoms with Gasteiger partial charge >= 0.3 is 0 Å². The topological polar surface area (TPSA) is 224 Å². The maximum Gasteiger partial charge on any atom is 0.255 e. The van der Waals surface area contributed by atoms with Gasteiger partial charge in [-0.05, 0) is 84.3 Å². The number of nitrogens with one attached hydrogen (secondary N) is 2. The number of hydrogen-bond donors (Lipinski definition) is 7. The molecule has 0 aromatic heterocycles. The van der Waals surface area contributed by atoms with Crippen molar-refractivity contribution in [3.05, 3.63) is 39.0 Å². The van der Waals surface area contributed by atoms with Gasteiger partial charge in [0.15, 0.2) is 5.78 Å². The Bertz CT molecular complexity index is 1610. The molecule has 5 rings (SSSR count). The third kappa shape index (κ3) is 4.76. The Kier molecular flexibility index (Phi) is 7.62. The van der Waals surface area contributed by atoms with E-state index in [1.807, 2.05) is 4.90 Å². The van der Waals surface area contributed by atoms with Crippen molar-refractivity contribution in [2.75, 3.05) is 38.4 Å². The molecule has 14 heteroatoms. The molecule has 1 aromatic rings. The molecular weight excluding hydrogens is 594 g/mol. The second kappa shape index (κ2) is 10.5. The highest BCUT2D eigenvalue weighted by Crippen LogP contribution is 2.56. The molecule has 0 radical (unpaired) electrons. The molecule has 1 amide bonds. The zero-order valence-corrected chi connectivity index (χ0v) is 27.6. The summed E-state index contributed by atoms with van der Waals surface area (Å²) in [6.45, 7) is 8.40. The Balaban J connectivity index is 1.73. The molecule has 0 spiro atoms. The lowest BCUT2D eigenvalue weighted by atomic mass is 9.53. The van der Waals surface area contributed by atoms with Crippen LogP contribution >= 0.6 is 0 Å². The minimum Gasteiger partial charge on any atom is -0.508 e. The third-order valence-corrected chi connectivity index (χ3v) is 10.0. The molecule has 3 aliphatic carbocycles. The van der Waals surface area contributed by atoms with Gasteiger partial charge in [0.25, 0.3) is 5.91 Å². The number of aliphatic hydroxyl groups excluding tert-OH is 2. The Morgan fingerprint density at radius 3 is 2.13 bits per heavy atom. The fourth-order valence-electron chi connectivity index (χ4n) is 8.70. The summed E-state index contributed by atoms with van der Waals surface area (Å²) in [5.41, 5.74) is 7.74. The van der Waals surface area contributed by atoms with Crippen molar-refractivity contribution in [1.82, 2.24) is 10.2 Å². The number of Topliss-reactive ketones (excluding diaryl/α,β-unsaturated/α-hetero) is 2. The lowest BCUT2D eigenvalue weighted by Gasteiger charge is -2.53. The fraction of sp³-hybridized carbons (Fsp3) is 0.594.